The second kappa shape index (κ2) is 7.54. The van der Waals surface area contributed by atoms with E-state index in [4.69, 9.17) is 16.3 Å². The number of ether oxygens (including phenoxy) is 1. The third-order valence-electron chi connectivity index (χ3n) is 4.21. The van der Waals surface area contributed by atoms with E-state index in [1.54, 1.807) is 18.2 Å². The minimum absolute atomic E-state index is 0.0376. The molecule has 0 saturated carbocycles. The molecule has 4 rings (SSSR count). The first kappa shape index (κ1) is 18.9. The Bertz CT molecular complexity index is 1200. The molecular formula is C19H15ClN2O4S2. The van der Waals surface area contributed by atoms with Gasteiger partial charge in [0, 0.05) is 15.6 Å². The Labute approximate surface area is 170 Å². The topological polar surface area (TPSA) is 84.8 Å². The number of halogens is 1. The Balaban J connectivity index is 1.36. The first-order valence-electron chi connectivity index (χ1n) is 8.44. The van der Waals surface area contributed by atoms with Crippen molar-refractivity contribution in [2.24, 2.45) is 4.99 Å². The number of carbonyl (C=O) groups is 1. The molecule has 1 aliphatic rings. The largest absolute Gasteiger partial charge is 0.460 e. The number of esters is 1. The number of benzene rings is 2. The standard InChI is InChI=1S/C19H15ClN2O4S2/c20-18-12-5-1-3-7-14(12)27-15(18)11-26-17(23)9-10-21-19-13-6-2-4-8-16(13)28(24,25)22-19/h1-8H,9-11H2,(H,21,22). The number of sulfonamides is 1. The van der Waals surface area contributed by atoms with Crippen molar-refractivity contribution in [1.82, 2.24) is 4.72 Å². The number of aliphatic imine (C=N–C) groups is 1. The molecule has 0 bridgehead atoms. The summed E-state index contributed by atoms with van der Waals surface area (Å²) in [7, 11) is -3.58. The molecule has 28 heavy (non-hydrogen) atoms. The quantitative estimate of drug-likeness (QED) is 0.620. The Hall–Kier alpha value is -2.42. The third kappa shape index (κ3) is 3.63. The first-order valence-corrected chi connectivity index (χ1v) is 11.1. The highest BCUT2D eigenvalue weighted by Gasteiger charge is 2.29. The van der Waals surface area contributed by atoms with Gasteiger partial charge in [-0.1, -0.05) is 41.9 Å². The number of rotatable bonds is 5. The summed E-state index contributed by atoms with van der Waals surface area (Å²) < 4.78 is 32.8. The van der Waals surface area contributed by atoms with Crippen LogP contribution in [-0.2, 0) is 26.2 Å². The van der Waals surface area contributed by atoms with Crippen molar-refractivity contribution in [2.75, 3.05) is 6.54 Å². The number of hydrogen-bond acceptors (Lipinski definition) is 6. The fraction of sp³-hybridized carbons (Fsp3) is 0.158. The summed E-state index contributed by atoms with van der Waals surface area (Å²) in [4.78, 5) is 17.2. The minimum Gasteiger partial charge on any atom is -0.460 e. The van der Waals surface area contributed by atoms with Crippen LogP contribution in [0.5, 0.6) is 0 Å². The summed E-state index contributed by atoms with van der Waals surface area (Å²) in [5.74, 6) is -0.178. The van der Waals surface area contributed by atoms with Crippen LogP contribution in [0.2, 0.25) is 5.02 Å². The van der Waals surface area contributed by atoms with Gasteiger partial charge >= 0.3 is 5.97 Å². The fourth-order valence-corrected chi connectivity index (χ4v) is 5.54. The second-order valence-corrected chi connectivity index (χ2v) is 9.24. The number of nitrogens with one attached hydrogen (secondary N) is 1. The molecule has 0 unspecified atom stereocenters. The van der Waals surface area contributed by atoms with Gasteiger partial charge in [0.05, 0.1) is 27.8 Å². The predicted octanol–water partition coefficient (Wildman–Crippen LogP) is 3.73. The van der Waals surface area contributed by atoms with Crippen molar-refractivity contribution in [2.45, 2.75) is 17.9 Å². The summed E-state index contributed by atoms with van der Waals surface area (Å²) in [6.45, 7) is 0.216. The van der Waals surface area contributed by atoms with Crippen LogP contribution in [0, 0.1) is 0 Å². The molecule has 1 N–H and O–H groups in total. The fourth-order valence-electron chi connectivity index (χ4n) is 2.89. The van der Waals surface area contributed by atoms with Gasteiger partial charge in [-0.25, -0.2) is 8.42 Å². The van der Waals surface area contributed by atoms with E-state index in [-0.39, 0.29) is 30.3 Å². The van der Waals surface area contributed by atoms with Gasteiger partial charge in [0.2, 0.25) is 0 Å². The van der Waals surface area contributed by atoms with Gasteiger partial charge in [-0.15, -0.1) is 11.3 Å². The molecule has 3 aromatic rings. The van der Waals surface area contributed by atoms with Gasteiger partial charge in [0.25, 0.3) is 10.0 Å². The number of thiophene rings is 1. The third-order valence-corrected chi connectivity index (χ3v) is 7.30. The lowest BCUT2D eigenvalue weighted by atomic mass is 10.2. The van der Waals surface area contributed by atoms with E-state index in [1.807, 2.05) is 24.3 Å². The molecule has 1 aliphatic heterocycles. The van der Waals surface area contributed by atoms with Crippen molar-refractivity contribution in [1.29, 1.82) is 0 Å². The molecule has 0 aliphatic carbocycles. The van der Waals surface area contributed by atoms with Crippen LogP contribution in [0.1, 0.15) is 16.9 Å². The molecule has 0 radical (unpaired) electrons. The zero-order valence-corrected chi connectivity index (χ0v) is 16.9. The summed E-state index contributed by atoms with van der Waals surface area (Å²) in [5, 5.41) is 1.55. The summed E-state index contributed by atoms with van der Waals surface area (Å²) in [6.07, 6.45) is 0.0376. The average molecular weight is 435 g/mol. The normalized spacial score (nSPS) is 16.1. The van der Waals surface area contributed by atoms with Crippen LogP contribution < -0.4 is 4.72 Å². The Morgan fingerprint density at radius 3 is 2.71 bits per heavy atom. The monoisotopic (exact) mass is 434 g/mol. The summed E-state index contributed by atoms with van der Waals surface area (Å²) in [5.41, 5.74) is 0.507. The molecule has 0 spiro atoms. The van der Waals surface area contributed by atoms with E-state index < -0.39 is 16.0 Å². The van der Waals surface area contributed by atoms with Crippen LogP contribution in [0.15, 0.2) is 58.4 Å². The lowest BCUT2D eigenvalue weighted by Gasteiger charge is -2.03. The smallest absolute Gasteiger partial charge is 0.308 e. The summed E-state index contributed by atoms with van der Waals surface area (Å²) >= 11 is 7.83. The molecule has 0 amide bonds. The number of fused-ring (bicyclic) bond motifs is 2. The highest BCUT2D eigenvalue weighted by molar-refractivity contribution is 7.90. The van der Waals surface area contributed by atoms with Crippen LogP contribution in [0.25, 0.3) is 10.1 Å². The number of amidine groups is 1. The molecule has 0 fully saturated rings. The highest BCUT2D eigenvalue weighted by Crippen LogP contribution is 2.35. The van der Waals surface area contributed by atoms with Crippen LogP contribution >= 0.6 is 22.9 Å². The molecule has 2 heterocycles. The van der Waals surface area contributed by atoms with Crippen molar-refractivity contribution < 1.29 is 17.9 Å². The molecule has 144 valence electrons. The van der Waals surface area contributed by atoms with E-state index in [2.05, 4.69) is 9.71 Å². The molecule has 6 nitrogen and oxygen atoms in total. The molecule has 2 aromatic carbocycles. The number of hydrogen-bond donors (Lipinski definition) is 1. The molecule has 9 heteroatoms. The highest BCUT2D eigenvalue weighted by atomic mass is 35.5. The Morgan fingerprint density at radius 2 is 1.89 bits per heavy atom. The van der Waals surface area contributed by atoms with Crippen LogP contribution in [0.3, 0.4) is 0 Å². The minimum atomic E-state index is -3.58. The maximum atomic E-state index is 12.0. The van der Waals surface area contributed by atoms with Crippen molar-refractivity contribution in [3.63, 3.8) is 0 Å². The zero-order valence-electron chi connectivity index (χ0n) is 14.5. The van der Waals surface area contributed by atoms with E-state index >= 15 is 0 Å². The Morgan fingerprint density at radius 1 is 1.14 bits per heavy atom. The zero-order chi connectivity index (χ0) is 19.7. The van der Waals surface area contributed by atoms with E-state index in [0.29, 0.717) is 10.6 Å². The average Bonchev–Trinajstić information content (AvgIpc) is 3.15. The van der Waals surface area contributed by atoms with Crippen molar-refractivity contribution >= 4 is 54.9 Å². The van der Waals surface area contributed by atoms with Gasteiger partial charge in [0.15, 0.2) is 0 Å². The lowest BCUT2D eigenvalue weighted by Crippen LogP contribution is -2.22. The first-order chi connectivity index (χ1) is 13.5. The second-order valence-electron chi connectivity index (χ2n) is 6.08. The van der Waals surface area contributed by atoms with E-state index in [0.717, 1.165) is 15.0 Å². The van der Waals surface area contributed by atoms with E-state index in [9.17, 15) is 13.2 Å². The molecule has 1 aromatic heterocycles. The lowest BCUT2D eigenvalue weighted by molar-refractivity contribution is -0.144. The maximum Gasteiger partial charge on any atom is 0.308 e. The van der Waals surface area contributed by atoms with Crippen LogP contribution in [0.4, 0.5) is 0 Å². The molecule has 0 atom stereocenters. The van der Waals surface area contributed by atoms with Gasteiger partial charge in [-0.05, 0) is 18.2 Å². The molecular weight excluding hydrogens is 420 g/mol. The van der Waals surface area contributed by atoms with Crippen molar-refractivity contribution in [3.8, 4) is 0 Å². The van der Waals surface area contributed by atoms with Gasteiger partial charge in [0.1, 0.15) is 12.4 Å². The Kier molecular flexibility index (Phi) is 5.09. The molecule has 0 saturated heterocycles. The van der Waals surface area contributed by atoms with Gasteiger partial charge in [-0.3, -0.25) is 14.5 Å². The summed E-state index contributed by atoms with van der Waals surface area (Å²) in [6, 6.07) is 14.3. The van der Waals surface area contributed by atoms with Crippen LogP contribution in [-0.4, -0.2) is 26.8 Å². The van der Waals surface area contributed by atoms with Gasteiger partial charge in [-0.2, -0.15) is 0 Å². The van der Waals surface area contributed by atoms with Gasteiger partial charge < -0.3 is 4.74 Å². The van der Waals surface area contributed by atoms with Crippen molar-refractivity contribution in [3.05, 3.63) is 64.0 Å². The maximum absolute atomic E-state index is 12.0. The number of nitrogens with zero attached hydrogens (tertiary/aromatic N) is 1. The predicted molar refractivity (Wildman–Crippen MR) is 109 cm³/mol. The SMILES string of the molecule is O=C(CCN=C1NS(=O)(=O)c2ccccc21)OCc1sc2ccccc2c1Cl. The number of carbonyl (C=O) groups excluding carboxylic acids is 1. The van der Waals surface area contributed by atoms with E-state index in [1.165, 1.54) is 17.4 Å².